The second-order valence-electron chi connectivity index (χ2n) is 8.56. The molecule has 2 aromatic carbocycles. The van der Waals surface area contributed by atoms with Gasteiger partial charge in [0.25, 0.3) is 5.91 Å². The number of imidazole rings is 1. The first kappa shape index (κ1) is 21.3. The summed E-state index contributed by atoms with van der Waals surface area (Å²) >= 11 is 0. The molecule has 0 saturated carbocycles. The number of hydrogen-bond acceptors (Lipinski definition) is 4. The van der Waals surface area contributed by atoms with Crippen LogP contribution < -0.4 is 0 Å². The maximum Gasteiger partial charge on any atom is 0.254 e. The number of amides is 1. The molecule has 0 spiro atoms. The SMILES string of the molecule is O=C(c1ccc(-c2ccc3ncc(-c4ccc(-c5ccccn5)cc4)n3c2)cc1)N1CCOCC1. The summed E-state index contributed by atoms with van der Waals surface area (Å²) in [6.07, 6.45) is 5.81. The Hall–Kier alpha value is -4.29. The smallest absolute Gasteiger partial charge is 0.254 e. The van der Waals surface area contributed by atoms with E-state index in [9.17, 15) is 4.79 Å². The summed E-state index contributed by atoms with van der Waals surface area (Å²) in [6.45, 7) is 2.49. The lowest BCUT2D eigenvalue weighted by Crippen LogP contribution is -2.40. The first-order chi connectivity index (χ1) is 17.3. The molecule has 1 aliphatic rings. The van der Waals surface area contributed by atoms with Crippen molar-refractivity contribution in [2.24, 2.45) is 0 Å². The van der Waals surface area contributed by atoms with E-state index < -0.39 is 0 Å². The van der Waals surface area contributed by atoms with Gasteiger partial charge in [0.1, 0.15) is 5.65 Å². The van der Waals surface area contributed by atoms with Gasteiger partial charge in [-0.1, -0.05) is 42.5 Å². The van der Waals surface area contributed by atoms with E-state index in [1.807, 2.05) is 59.6 Å². The van der Waals surface area contributed by atoms with Gasteiger partial charge in [0.2, 0.25) is 0 Å². The van der Waals surface area contributed by atoms with Gasteiger partial charge < -0.3 is 9.64 Å². The molecule has 0 unspecified atom stereocenters. The average Bonchev–Trinajstić information content (AvgIpc) is 3.37. The second kappa shape index (κ2) is 9.16. The van der Waals surface area contributed by atoms with E-state index in [1.54, 1.807) is 6.20 Å². The van der Waals surface area contributed by atoms with Crippen molar-refractivity contribution < 1.29 is 9.53 Å². The highest BCUT2D eigenvalue weighted by Crippen LogP contribution is 2.27. The van der Waals surface area contributed by atoms with Crippen molar-refractivity contribution in [3.63, 3.8) is 0 Å². The molecule has 1 saturated heterocycles. The largest absolute Gasteiger partial charge is 0.378 e. The van der Waals surface area contributed by atoms with Crippen LogP contribution in [0.4, 0.5) is 0 Å². The quantitative estimate of drug-likeness (QED) is 0.370. The summed E-state index contributed by atoms with van der Waals surface area (Å²) in [7, 11) is 0. The minimum atomic E-state index is 0.0568. The van der Waals surface area contributed by atoms with Crippen LogP contribution in [0.2, 0.25) is 0 Å². The predicted octanol–water partition coefficient (Wildman–Crippen LogP) is 5.20. The molecular formula is C29H24N4O2. The molecule has 0 radical (unpaired) electrons. The minimum absolute atomic E-state index is 0.0568. The number of carbonyl (C=O) groups excluding carboxylic acids is 1. The zero-order valence-corrected chi connectivity index (χ0v) is 19.2. The Bertz CT molecular complexity index is 1470. The van der Waals surface area contributed by atoms with E-state index in [-0.39, 0.29) is 5.91 Å². The topological polar surface area (TPSA) is 59.7 Å². The lowest BCUT2D eigenvalue weighted by atomic mass is 10.0. The number of rotatable bonds is 4. The Morgan fingerprint density at radius 2 is 1.46 bits per heavy atom. The molecule has 1 amide bonds. The van der Waals surface area contributed by atoms with E-state index in [0.29, 0.717) is 31.9 Å². The number of aromatic nitrogens is 3. The summed E-state index contributed by atoms with van der Waals surface area (Å²) in [5.74, 6) is 0.0568. The second-order valence-corrected chi connectivity index (χ2v) is 8.56. The van der Waals surface area contributed by atoms with E-state index in [2.05, 4.69) is 50.9 Å². The average molecular weight is 461 g/mol. The van der Waals surface area contributed by atoms with Crippen LogP contribution in [0, 0.1) is 0 Å². The van der Waals surface area contributed by atoms with Crippen LogP contribution in [0.25, 0.3) is 39.3 Å². The molecule has 5 aromatic rings. The lowest BCUT2D eigenvalue weighted by Gasteiger charge is -2.26. The Labute approximate surface area is 203 Å². The van der Waals surface area contributed by atoms with Gasteiger partial charge in [0.05, 0.1) is 30.8 Å². The fraction of sp³-hybridized carbons (Fsp3) is 0.138. The van der Waals surface area contributed by atoms with E-state index in [4.69, 9.17) is 4.74 Å². The third-order valence-electron chi connectivity index (χ3n) is 6.41. The molecule has 0 N–H and O–H groups in total. The Morgan fingerprint density at radius 3 is 2.20 bits per heavy atom. The van der Waals surface area contributed by atoms with Crippen LogP contribution in [0.1, 0.15) is 10.4 Å². The van der Waals surface area contributed by atoms with Crippen LogP contribution in [0.3, 0.4) is 0 Å². The first-order valence-electron chi connectivity index (χ1n) is 11.7. The summed E-state index contributed by atoms with van der Waals surface area (Å²) in [5.41, 5.74) is 7.84. The molecule has 1 fully saturated rings. The van der Waals surface area contributed by atoms with Gasteiger partial charge in [0.15, 0.2) is 0 Å². The summed E-state index contributed by atoms with van der Waals surface area (Å²) in [5, 5.41) is 0. The van der Waals surface area contributed by atoms with Crippen molar-refractivity contribution >= 4 is 11.6 Å². The molecule has 4 heterocycles. The highest BCUT2D eigenvalue weighted by Gasteiger charge is 2.18. The van der Waals surface area contributed by atoms with E-state index >= 15 is 0 Å². The number of fused-ring (bicyclic) bond motifs is 1. The number of nitrogens with zero attached hydrogens (tertiary/aromatic N) is 4. The minimum Gasteiger partial charge on any atom is -0.378 e. The molecule has 6 rings (SSSR count). The predicted molar refractivity (Wildman–Crippen MR) is 136 cm³/mol. The van der Waals surface area contributed by atoms with Gasteiger partial charge >= 0.3 is 0 Å². The fourth-order valence-electron chi connectivity index (χ4n) is 4.46. The normalized spacial score (nSPS) is 13.8. The van der Waals surface area contributed by atoms with Crippen molar-refractivity contribution in [3.05, 3.63) is 103 Å². The molecule has 6 heteroatoms. The highest BCUT2D eigenvalue weighted by molar-refractivity contribution is 5.94. The highest BCUT2D eigenvalue weighted by atomic mass is 16.5. The maximum atomic E-state index is 12.8. The van der Waals surface area contributed by atoms with Gasteiger partial charge in [-0.05, 0) is 47.5 Å². The molecule has 172 valence electrons. The monoisotopic (exact) mass is 460 g/mol. The van der Waals surface area contributed by atoms with Gasteiger partial charge in [-0.25, -0.2) is 4.98 Å². The van der Waals surface area contributed by atoms with Crippen LogP contribution in [0.15, 0.2) is 97.5 Å². The lowest BCUT2D eigenvalue weighted by molar-refractivity contribution is 0.0303. The van der Waals surface area contributed by atoms with Gasteiger partial charge in [0, 0.05) is 42.2 Å². The number of hydrogen-bond donors (Lipinski definition) is 0. The molecule has 35 heavy (non-hydrogen) atoms. The molecule has 1 aliphatic heterocycles. The van der Waals surface area contributed by atoms with Gasteiger partial charge in [-0.2, -0.15) is 0 Å². The van der Waals surface area contributed by atoms with Crippen molar-refractivity contribution in [2.45, 2.75) is 0 Å². The molecule has 6 nitrogen and oxygen atoms in total. The van der Waals surface area contributed by atoms with Crippen molar-refractivity contribution in [1.29, 1.82) is 0 Å². The molecule has 0 bridgehead atoms. The number of pyridine rings is 2. The summed E-state index contributed by atoms with van der Waals surface area (Å²) in [6, 6.07) is 26.2. The Morgan fingerprint density at radius 1 is 0.743 bits per heavy atom. The van der Waals surface area contributed by atoms with Crippen LogP contribution >= 0.6 is 0 Å². The van der Waals surface area contributed by atoms with Gasteiger partial charge in [-0.15, -0.1) is 0 Å². The molecular weight excluding hydrogens is 436 g/mol. The number of ether oxygens (including phenoxy) is 1. The molecule has 3 aromatic heterocycles. The van der Waals surface area contributed by atoms with Crippen molar-refractivity contribution in [1.82, 2.24) is 19.3 Å². The van der Waals surface area contributed by atoms with E-state index in [0.717, 1.165) is 39.3 Å². The van der Waals surface area contributed by atoms with E-state index in [1.165, 1.54) is 0 Å². The fourth-order valence-corrected chi connectivity index (χ4v) is 4.46. The third-order valence-corrected chi connectivity index (χ3v) is 6.41. The number of morpholine rings is 1. The molecule has 0 aliphatic carbocycles. The van der Waals surface area contributed by atoms with Crippen LogP contribution in [0.5, 0.6) is 0 Å². The number of carbonyl (C=O) groups is 1. The summed E-state index contributed by atoms with van der Waals surface area (Å²) < 4.78 is 7.46. The third kappa shape index (κ3) is 4.20. The number of benzene rings is 2. The van der Waals surface area contributed by atoms with Crippen LogP contribution in [-0.4, -0.2) is 51.5 Å². The van der Waals surface area contributed by atoms with Crippen molar-refractivity contribution in [3.8, 4) is 33.6 Å². The maximum absolute atomic E-state index is 12.8. The van der Waals surface area contributed by atoms with Crippen molar-refractivity contribution in [2.75, 3.05) is 26.3 Å². The van der Waals surface area contributed by atoms with Crippen LogP contribution in [-0.2, 0) is 4.74 Å². The standard InChI is InChI=1S/C29H24N4O2/c34-29(32-15-17-35-18-16-32)24-10-4-21(5-11-24)25-12-13-28-31-19-27(33(28)20-25)23-8-6-22(7-9-23)26-3-1-2-14-30-26/h1-14,19-20H,15-18H2. The summed E-state index contributed by atoms with van der Waals surface area (Å²) in [4.78, 5) is 23.6. The molecule has 0 atom stereocenters. The Kier molecular flexibility index (Phi) is 5.56. The Balaban J connectivity index is 1.28. The zero-order chi connectivity index (χ0) is 23.6. The first-order valence-corrected chi connectivity index (χ1v) is 11.7. The van der Waals surface area contributed by atoms with Gasteiger partial charge in [-0.3, -0.25) is 14.2 Å². The zero-order valence-electron chi connectivity index (χ0n) is 19.2.